The number of hydrogen-bond donors (Lipinski definition) is 2. The summed E-state index contributed by atoms with van der Waals surface area (Å²) >= 11 is 0. The molecule has 7 nitrogen and oxygen atoms in total. The molecule has 38 heavy (non-hydrogen) atoms. The number of aliphatic hydroxyl groups is 1. The van der Waals surface area contributed by atoms with Crippen molar-refractivity contribution in [1.82, 2.24) is 0 Å². The molecule has 0 aliphatic carbocycles. The van der Waals surface area contributed by atoms with Gasteiger partial charge in [-0.2, -0.15) is 0 Å². The zero-order valence-electron chi connectivity index (χ0n) is 20.8. The number of rotatable bonds is 6. The molecule has 2 N–H and O–H groups in total. The lowest BCUT2D eigenvalue weighted by Crippen LogP contribution is -2.29. The Bertz CT molecular complexity index is 1560. The smallest absolute Gasteiger partial charge is 0.300 e. The molecule has 1 atom stereocenters. The fraction of sp³-hybridized carbons (Fsp3) is 0.0968. The third-order valence-electron chi connectivity index (χ3n) is 6.41. The summed E-state index contributed by atoms with van der Waals surface area (Å²) in [5.41, 5.74) is 1.69. The van der Waals surface area contributed by atoms with E-state index < -0.39 is 17.7 Å². The van der Waals surface area contributed by atoms with Crippen molar-refractivity contribution in [1.29, 1.82) is 0 Å². The molecular weight excluding hydrogens is 482 g/mol. The average molecular weight is 508 g/mol. The Labute approximate surface area is 219 Å². The van der Waals surface area contributed by atoms with E-state index in [2.05, 4.69) is 0 Å². The van der Waals surface area contributed by atoms with Crippen LogP contribution in [0.3, 0.4) is 0 Å². The molecule has 7 heteroatoms. The normalized spacial score (nSPS) is 16.5. The highest BCUT2D eigenvalue weighted by Crippen LogP contribution is 2.45. The molecular formula is C31H25NO6. The second kappa shape index (κ2) is 10.1. The van der Waals surface area contributed by atoms with Crippen molar-refractivity contribution in [3.05, 3.63) is 119 Å². The van der Waals surface area contributed by atoms with Crippen LogP contribution in [0.2, 0.25) is 0 Å². The van der Waals surface area contributed by atoms with Gasteiger partial charge in [-0.25, -0.2) is 0 Å². The molecule has 0 radical (unpaired) electrons. The maximum absolute atomic E-state index is 13.4. The molecule has 1 aliphatic rings. The minimum atomic E-state index is -1.02. The molecule has 1 aliphatic heterocycles. The second-order valence-corrected chi connectivity index (χ2v) is 8.83. The molecule has 1 amide bonds. The van der Waals surface area contributed by atoms with Crippen LogP contribution in [0.15, 0.2) is 103 Å². The number of ketones is 1. The van der Waals surface area contributed by atoms with E-state index in [1.54, 1.807) is 67.8 Å². The summed E-state index contributed by atoms with van der Waals surface area (Å²) in [4.78, 5) is 28.0. The van der Waals surface area contributed by atoms with Crippen LogP contribution in [0.25, 0.3) is 5.76 Å². The molecule has 190 valence electrons. The molecule has 0 aromatic heterocycles. The zero-order valence-corrected chi connectivity index (χ0v) is 20.8. The van der Waals surface area contributed by atoms with Gasteiger partial charge in [0.2, 0.25) is 0 Å². The van der Waals surface area contributed by atoms with Crippen molar-refractivity contribution in [2.75, 3.05) is 12.0 Å². The monoisotopic (exact) mass is 507 g/mol. The number of benzene rings is 4. The lowest BCUT2D eigenvalue weighted by Gasteiger charge is -2.26. The highest BCUT2D eigenvalue weighted by molar-refractivity contribution is 6.51. The van der Waals surface area contributed by atoms with E-state index in [0.717, 1.165) is 5.56 Å². The number of amides is 1. The van der Waals surface area contributed by atoms with Gasteiger partial charge in [0.05, 0.1) is 24.4 Å². The lowest BCUT2D eigenvalue weighted by atomic mass is 9.94. The first-order valence-corrected chi connectivity index (χ1v) is 12.0. The first kappa shape index (κ1) is 24.6. The van der Waals surface area contributed by atoms with Gasteiger partial charge in [0, 0.05) is 5.56 Å². The van der Waals surface area contributed by atoms with E-state index in [0.29, 0.717) is 28.4 Å². The Morgan fingerprint density at radius 2 is 1.55 bits per heavy atom. The number of para-hydroxylation sites is 3. The Kier molecular flexibility index (Phi) is 6.58. The highest BCUT2D eigenvalue weighted by atomic mass is 16.5. The number of anilines is 1. The standard InChI is InChI=1S/C31H25NO6/c1-19-17-21(15-16-26(19)37-2)29(34)27-28(32(31(36)30(27)35)24-13-6-7-14-25(24)33)20-9-8-12-23(18-20)38-22-10-4-3-5-11-22/h3-18,28,33-34H,1-2H3/b29-27+. The topological polar surface area (TPSA) is 96.3 Å². The van der Waals surface area contributed by atoms with Crippen LogP contribution in [0.5, 0.6) is 23.0 Å². The van der Waals surface area contributed by atoms with Crippen molar-refractivity contribution < 1.29 is 29.3 Å². The van der Waals surface area contributed by atoms with E-state index in [-0.39, 0.29) is 22.8 Å². The number of phenols is 1. The van der Waals surface area contributed by atoms with Gasteiger partial charge in [-0.3, -0.25) is 14.5 Å². The van der Waals surface area contributed by atoms with Crippen LogP contribution < -0.4 is 14.4 Å². The Balaban J connectivity index is 1.68. The molecule has 1 heterocycles. The van der Waals surface area contributed by atoms with Crippen molar-refractivity contribution in [3.8, 4) is 23.0 Å². The van der Waals surface area contributed by atoms with Gasteiger partial charge in [0.15, 0.2) is 0 Å². The number of aryl methyl sites for hydroxylation is 1. The first-order valence-electron chi connectivity index (χ1n) is 12.0. The third-order valence-corrected chi connectivity index (χ3v) is 6.41. The summed E-state index contributed by atoms with van der Waals surface area (Å²) in [7, 11) is 1.55. The minimum absolute atomic E-state index is 0.0975. The average Bonchev–Trinajstić information content (AvgIpc) is 3.19. The zero-order chi connectivity index (χ0) is 26.8. The summed E-state index contributed by atoms with van der Waals surface area (Å²) in [6.07, 6.45) is 0. The lowest BCUT2D eigenvalue weighted by molar-refractivity contribution is -0.132. The van der Waals surface area contributed by atoms with Crippen LogP contribution in [0.4, 0.5) is 5.69 Å². The summed E-state index contributed by atoms with van der Waals surface area (Å²) in [6, 6.07) is 26.4. The van der Waals surface area contributed by atoms with Gasteiger partial charge in [-0.1, -0.05) is 42.5 Å². The van der Waals surface area contributed by atoms with Gasteiger partial charge >= 0.3 is 0 Å². The quantitative estimate of drug-likeness (QED) is 0.185. The summed E-state index contributed by atoms with van der Waals surface area (Å²) in [6.45, 7) is 1.82. The van der Waals surface area contributed by atoms with Gasteiger partial charge in [0.1, 0.15) is 28.8 Å². The van der Waals surface area contributed by atoms with E-state index in [1.165, 1.54) is 11.0 Å². The predicted octanol–water partition coefficient (Wildman–Crippen LogP) is 6.13. The number of methoxy groups -OCH3 is 1. The van der Waals surface area contributed by atoms with Crippen molar-refractivity contribution in [2.45, 2.75) is 13.0 Å². The van der Waals surface area contributed by atoms with Crippen molar-refractivity contribution in [2.24, 2.45) is 0 Å². The molecule has 1 saturated heterocycles. The molecule has 0 saturated carbocycles. The molecule has 5 rings (SSSR count). The fourth-order valence-corrected chi connectivity index (χ4v) is 4.62. The van der Waals surface area contributed by atoms with E-state index in [9.17, 15) is 19.8 Å². The number of aliphatic hydroxyl groups excluding tert-OH is 1. The third kappa shape index (κ3) is 4.46. The number of phenolic OH excluding ortho intramolecular Hbond substituents is 1. The maximum Gasteiger partial charge on any atom is 0.300 e. The van der Waals surface area contributed by atoms with Crippen molar-refractivity contribution >= 4 is 23.1 Å². The highest BCUT2D eigenvalue weighted by Gasteiger charge is 2.47. The Morgan fingerprint density at radius 3 is 2.26 bits per heavy atom. The SMILES string of the molecule is COc1ccc(/C(O)=C2\C(=O)C(=O)N(c3ccccc3O)C2c2cccc(Oc3ccccc3)c2)cc1C. The number of Topliss-reactive ketones (excluding diaryl/α,β-unsaturated/α-hetero) is 1. The van der Waals surface area contributed by atoms with E-state index in [1.807, 2.05) is 37.3 Å². The van der Waals surface area contributed by atoms with Crippen LogP contribution in [0.1, 0.15) is 22.7 Å². The number of carbonyl (C=O) groups is 2. The number of nitrogens with zero attached hydrogens (tertiary/aromatic N) is 1. The molecule has 1 unspecified atom stereocenters. The van der Waals surface area contributed by atoms with Crippen molar-refractivity contribution in [3.63, 3.8) is 0 Å². The van der Waals surface area contributed by atoms with E-state index >= 15 is 0 Å². The summed E-state index contributed by atoms with van der Waals surface area (Å²) in [5.74, 6) is -0.498. The van der Waals surface area contributed by atoms with E-state index in [4.69, 9.17) is 9.47 Å². The molecule has 0 bridgehead atoms. The van der Waals surface area contributed by atoms with Crippen LogP contribution >= 0.6 is 0 Å². The minimum Gasteiger partial charge on any atom is -0.507 e. The second-order valence-electron chi connectivity index (χ2n) is 8.83. The molecule has 0 spiro atoms. The molecule has 1 fully saturated rings. The number of aromatic hydroxyl groups is 1. The first-order chi connectivity index (χ1) is 18.4. The number of hydrogen-bond acceptors (Lipinski definition) is 6. The molecule has 4 aromatic carbocycles. The van der Waals surface area contributed by atoms with Crippen LogP contribution in [-0.4, -0.2) is 29.0 Å². The number of carbonyl (C=O) groups excluding carboxylic acids is 2. The van der Waals surface area contributed by atoms with Crippen LogP contribution in [-0.2, 0) is 9.59 Å². The number of ether oxygens (including phenoxy) is 2. The fourth-order valence-electron chi connectivity index (χ4n) is 4.62. The van der Waals surface area contributed by atoms with Crippen LogP contribution in [0, 0.1) is 6.92 Å². The van der Waals surface area contributed by atoms with Gasteiger partial charge in [0.25, 0.3) is 11.7 Å². The van der Waals surface area contributed by atoms with Gasteiger partial charge < -0.3 is 19.7 Å². The maximum atomic E-state index is 13.4. The molecule has 4 aromatic rings. The Hall–Kier alpha value is -5.04. The largest absolute Gasteiger partial charge is 0.507 e. The predicted molar refractivity (Wildman–Crippen MR) is 144 cm³/mol. The Morgan fingerprint density at radius 1 is 0.842 bits per heavy atom. The van der Waals surface area contributed by atoms with Gasteiger partial charge in [-0.15, -0.1) is 0 Å². The summed E-state index contributed by atoms with van der Waals surface area (Å²) < 4.78 is 11.3. The van der Waals surface area contributed by atoms with Gasteiger partial charge in [-0.05, 0) is 72.6 Å². The summed E-state index contributed by atoms with van der Waals surface area (Å²) in [5, 5.41) is 22.0.